The molecule has 5 nitrogen and oxygen atoms in total. The molecule has 2 heterocycles. The van der Waals surface area contributed by atoms with E-state index in [-0.39, 0.29) is 11.3 Å². The Morgan fingerprint density at radius 1 is 1.00 bits per heavy atom. The number of aliphatic imine (C=N–C) groups is 1. The lowest BCUT2D eigenvalue weighted by Crippen LogP contribution is -2.64. The molecular formula is C30H25IN2O3S. The summed E-state index contributed by atoms with van der Waals surface area (Å²) in [5.74, 6) is -0.0901. The van der Waals surface area contributed by atoms with Gasteiger partial charge in [-0.3, -0.25) is 14.7 Å². The van der Waals surface area contributed by atoms with Crippen LogP contribution in [0, 0.1) is 0 Å². The van der Waals surface area contributed by atoms with Crippen molar-refractivity contribution in [1.29, 1.82) is 0 Å². The highest BCUT2D eigenvalue weighted by Crippen LogP contribution is 2.43. The van der Waals surface area contributed by atoms with E-state index in [0.717, 1.165) is 26.7 Å². The van der Waals surface area contributed by atoms with Crippen LogP contribution in [0.5, 0.6) is 0 Å². The molecular weight excluding hydrogens is 595 g/mol. The maximum atomic E-state index is 13.8. The first-order valence-corrected chi connectivity index (χ1v) is 14.5. The van der Waals surface area contributed by atoms with Gasteiger partial charge in [-0.05, 0) is 22.3 Å². The number of allylic oxidation sites excluding steroid dienone is 2. The zero-order valence-corrected chi connectivity index (χ0v) is 22.9. The molecule has 186 valence electrons. The number of nitrogens with zero attached hydrogens (tertiary/aromatic N) is 2. The van der Waals surface area contributed by atoms with Crippen LogP contribution in [0.25, 0.3) is 0 Å². The number of thioether (sulfide) groups is 1. The molecule has 1 unspecified atom stereocenters. The van der Waals surface area contributed by atoms with Gasteiger partial charge in [0.25, 0.3) is 5.91 Å². The molecule has 0 aromatic heterocycles. The van der Waals surface area contributed by atoms with E-state index in [4.69, 9.17) is 4.74 Å². The molecule has 2 aliphatic heterocycles. The Morgan fingerprint density at radius 3 is 2.19 bits per heavy atom. The Morgan fingerprint density at radius 2 is 1.59 bits per heavy atom. The molecule has 5 rings (SSSR count). The van der Waals surface area contributed by atoms with Gasteiger partial charge >= 0.3 is 5.97 Å². The number of ether oxygens (including phenoxy) is 1. The van der Waals surface area contributed by atoms with Crippen molar-refractivity contribution >= 4 is 52.4 Å². The zero-order valence-electron chi connectivity index (χ0n) is 19.9. The predicted octanol–water partition coefficient (Wildman–Crippen LogP) is 5.97. The number of carbonyl (C=O) groups is 2. The third kappa shape index (κ3) is 5.57. The molecule has 3 aromatic rings. The fourth-order valence-electron chi connectivity index (χ4n) is 4.38. The first-order valence-electron chi connectivity index (χ1n) is 12.0. The molecule has 3 aromatic carbocycles. The Hall–Kier alpha value is -3.17. The molecule has 1 amide bonds. The molecule has 0 radical (unpaired) electrons. The van der Waals surface area contributed by atoms with Crippen LogP contribution in [0.4, 0.5) is 0 Å². The number of fused-ring (bicyclic) bond motifs is 1. The van der Waals surface area contributed by atoms with Crippen molar-refractivity contribution in [3.63, 3.8) is 0 Å². The van der Waals surface area contributed by atoms with Gasteiger partial charge in [-0.1, -0.05) is 126 Å². The van der Waals surface area contributed by atoms with Gasteiger partial charge in [-0.2, -0.15) is 0 Å². The van der Waals surface area contributed by atoms with Crippen LogP contribution in [0.3, 0.4) is 0 Å². The van der Waals surface area contributed by atoms with E-state index in [1.54, 1.807) is 22.9 Å². The minimum Gasteiger partial charge on any atom is -0.448 e. The van der Waals surface area contributed by atoms with E-state index in [1.165, 1.54) is 0 Å². The fraction of sp³-hybridized carbons (Fsp3) is 0.167. The quantitative estimate of drug-likeness (QED) is 0.103. The molecule has 0 N–H and O–H groups in total. The van der Waals surface area contributed by atoms with Gasteiger partial charge in [0, 0.05) is 16.4 Å². The fourth-order valence-corrected chi connectivity index (χ4v) is 5.95. The van der Waals surface area contributed by atoms with Crippen LogP contribution in [0.2, 0.25) is 0 Å². The van der Waals surface area contributed by atoms with Gasteiger partial charge in [0.15, 0.2) is 12.1 Å². The highest BCUT2D eigenvalue weighted by molar-refractivity contribution is 14.1. The maximum absolute atomic E-state index is 13.8. The molecule has 0 spiro atoms. The Labute approximate surface area is 234 Å². The van der Waals surface area contributed by atoms with Crippen LogP contribution in [0.1, 0.15) is 22.8 Å². The summed E-state index contributed by atoms with van der Waals surface area (Å²) in [6.07, 6.45) is 5.06. The predicted molar refractivity (Wildman–Crippen MR) is 157 cm³/mol. The van der Waals surface area contributed by atoms with E-state index in [2.05, 4.69) is 27.6 Å². The average Bonchev–Trinajstić information content (AvgIpc) is 2.95. The summed E-state index contributed by atoms with van der Waals surface area (Å²) < 4.78 is 6.96. The third-order valence-electron chi connectivity index (χ3n) is 6.18. The van der Waals surface area contributed by atoms with E-state index in [1.807, 2.05) is 103 Å². The number of halogens is 1. The van der Waals surface area contributed by atoms with E-state index < -0.39 is 18.1 Å². The lowest BCUT2D eigenvalue weighted by atomic mass is 10.0. The topological polar surface area (TPSA) is 59.0 Å². The molecule has 2 atom stereocenters. The SMILES string of the molecule is O=C(OC(c1ccccc1)c1ccccc1)C1=C(C=CCI)CS[C@@H]2C(N=Cc3ccccc3)C(=O)N12. The van der Waals surface area contributed by atoms with Crippen molar-refractivity contribution in [1.82, 2.24) is 4.90 Å². The molecule has 1 fully saturated rings. The lowest BCUT2D eigenvalue weighted by Gasteiger charge is -2.48. The summed E-state index contributed by atoms with van der Waals surface area (Å²) in [4.78, 5) is 33.2. The molecule has 0 saturated carbocycles. The van der Waals surface area contributed by atoms with Crippen molar-refractivity contribution in [2.45, 2.75) is 17.5 Å². The molecule has 37 heavy (non-hydrogen) atoms. The van der Waals surface area contributed by atoms with Crippen molar-refractivity contribution in [3.05, 3.63) is 131 Å². The van der Waals surface area contributed by atoms with Crippen molar-refractivity contribution in [2.24, 2.45) is 4.99 Å². The summed E-state index contributed by atoms with van der Waals surface area (Å²) in [7, 11) is 0. The van der Waals surface area contributed by atoms with Gasteiger partial charge < -0.3 is 4.74 Å². The monoisotopic (exact) mass is 620 g/mol. The van der Waals surface area contributed by atoms with Gasteiger partial charge in [0.1, 0.15) is 11.1 Å². The number of hydrogen-bond acceptors (Lipinski definition) is 5. The Balaban J connectivity index is 1.44. The van der Waals surface area contributed by atoms with E-state index in [0.29, 0.717) is 11.4 Å². The molecule has 0 bridgehead atoms. The second-order valence-corrected chi connectivity index (χ2v) is 10.6. The standard InChI is InChI=1S/C30H25IN2O3S/c31-18-10-17-24-20-37-29-25(32-19-21-11-4-1-5-12-21)28(34)33(29)26(24)30(35)36-27(22-13-6-2-7-14-22)23-15-8-3-9-16-23/h1-17,19,25,27,29H,18,20H2/t25?,29-/m1/s1. The number of β-lactam (4-membered cyclic amide) rings is 1. The van der Waals surface area contributed by atoms with Gasteiger partial charge in [0.05, 0.1) is 0 Å². The van der Waals surface area contributed by atoms with Gasteiger partial charge in [-0.25, -0.2) is 4.79 Å². The number of hydrogen-bond donors (Lipinski definition) is 0. The second kappa shape index (κ2) is 11.9. The second-order valence-electron chi connectivity index (χ2n) is 8.58. The van der Waals surface area contributed by atoms with Crippen LogP contribution in [-0.2, 0) is 14.3 Å². The highest BCUT2D eigenvalue weighted by atomic mass is 127. The number of rotatable bonds is 8. The number of carbonyl (C=O) groups excluding carboxylic acids is 2. The van der Waals surface area contributed by atoms with Crippen molar-refractivity contribution in [2.75, 3.05) is 10.2 Å². The molecule has 1 saturated heterocycles. The van der Waals surface area contributed by atoms with Gasteiger partial charge in [-0.15, -0.1) is 11.8 Å². The minimum atomic E-state index is -0.589. The van der Waals surface area contributed by atoms with Crippen molar-refractivity contribution in [3.8, 4) is 0 Å². The van der Waals surface area contributed by atoms with Gasteiger partial charge in [0.2, 0.25) is 0 Å². The van der Waals surface area contributed by atoms with Crippen molar-refractivity contribution < 1.29 is 14.3 Å². The summed E-state index contributed by atoms with van der Waals surface area (Å²) in [6.45, 7) is 0. The van der Waals surface area contributed by atoms with Crippen LogP contribution < -0.4 is 0 Å². The minimum absolute atomic E-state index is 0.187. The number of esters is 1. The number of benzene rings is 3. The first kappa shape index (κ1) is 25.5. The molecule has 0 aliphatic carbocycles. The normalized spacial score (nSPS) is 19.4. The average molecular weight is 621 g/mol. The Kier molecular flexibility index (Phi) is 8.21. The van der Waals surface area contributed by atoms with Crippen LogP contribution >= 0.6 is 34.4 Å². The summed E-state index contributed by atoms with van der Waals surface area (Å²) in [6, 6.07) is 28.5. The van der Waals surface area contributed by atoms with E-state index >= 15 is 0 Å². The summed E-state index contributed by atoms with van der Waals surface area (Å²) in [5, 5.41) is -0.237. The maximum Gasteiger partial charge on any atom is 0.356 e. The number of alkyl halides is 1. The number of amides is 1. The van der Waals surface area contributed by atoms with E-state index in [9.17, 15) is 9.59 Å². The lowest BCUT2D eigenvalue weighted by molar-refractivity contribution is -0.152. The largest absolute Gasteiger partial charge is 0.448 e. The zero-order chi connectivity index (χ0) is 25.6. The molecule has 7 heteroatoms. The third-order valence-corrected chi connectivity index (χ3v) is 7.98. The van der Waals surface area contributed by atoms with Crippen LogP contribution in [0.15, 0.2) is 119 Å². The highest BCUT2D eigenvalue weighted by Gasteiger charge is 2.53. The first-order chi connectivity index (χ1) is 18.2. The Bertz CT molecular complexity index is 1300. The smallest absolute Gasteiger partial charge is 0.356 e. The molecule has 2 aliphatic rings. The van der Waals surface area contributed by atoms with Crippen LogP contribution in [-0.4, -0.2) is 44.6 Å². The summed E-state index contributed by atoms with van der Waals surface area (Å²) in [5.41, 5.74) is 3.78. The summed E-state index contributed by atoms with van der Waals surface area (Å²) >= 11 is 3.88.